The van der Waals surface area contributed by atoms with Crippen LogP contribution in [0.5, 0.6) is 0 Å². The molecule has 0 N–H and O–H groups in total. The van der Waals surface area contributed by atoms with Gasteiger partial charge in [-0.05, 0) is 6.92 Å². The molecule has 0 atom stereocenters. The molecule has 2 rings (SSSR count). The van der Waals surface area contributed by atoms with Gasteiger partial charge in [-0.15, -0.1) is 0 Å². The zero-order valence-corrected chi connectivity index (χ0v) is 5.53. The van der Waals surface area contributed by atoms with Gasteiger partial charge in [0.15, 0.2) is 12.0 Å². The minimum atomic E-state index is 0.819. The molecule has 10 heavy (non-hydrogen) atoms. The van der Waals surface area contributed by atoms with Crippen LogP contribution in [-0.4, -0.2) is 9.97 Å². The molecule has 2 aromatic heterocycles. The molecule has 0 radical (unpaired) electrons. The summed E-state index contributed by atoms with van der Waals surface area (Å²) in [4.78, 5) is 7.91. The maximum Gasteiger partial charge on any atom is 0.182 e. The highest BCUT2D eigenvalue weighted by atomic mass is 16.3. The average molecular weight is 134 g/mol. The fourth-order valence-corrected chi connectivity index (χ4v) is 0.920. The highest BCUT2D eigenvalue weighted by Crippen LogP contribution is 2.13. The van der Waals surface area contributed by atoms with Gasteiger partial charge < -0.3 is 4.42 Å². The maximum absolute atomic E-state index is 5.10. The summed E-state index contributed by atoms with van der Waals surface area (Å²) >= 11 is 0. The van der Waals surface area contributed by atoms with Gasteiger partial charge in [0.2, 0.25) is 0 Å². The van der Waals surface area contributed by atoms with Crippen LogP contribution in [0.15, 0.2) is 23.2 Å². The Morgan fingerprint density at radius 3 is 3.10 bits per heavy atom. The SMILES string of the molecule is Cc1cncc2ncoc12. The molecule has 0 aliphatic rings. The van der Waals surface area contributed by atoms with E-state index in [1.54, 1.807) is 12.4 Å². The van der Waals surface area contributed by atoms with Crippen LogP contribution in [0.3, 0.4) is 0 Å². The summed E-state index contributed by atoms with van der Waals surface area (Å²) in [5.41, 5.74) is 2.67. The zero-order chi connectivity index (χ0) is 6.97. The molecule has 50 valence electrons. The molecular formula is C7H6N2O. The van der Waals surface area contributed by atoms with E-state index >= 15 is 0 Å². The first kappa shape index (κ1) is 5.41. The second kappa shape index (κ2) is 1.80. The van der Waals surface area contributed by atoms with Gasteiger partial charge in [0.25, 0.3) is 0 Å². The fraction of sp³-hybridized carbons (Fsp3) is 0.143. The van der Waals surface area contributed by atoms with Crippen molar-refractivity contribution in [3.05, 3.63) is 24.4 Å². The molecule has 2 heterocycles. The van der Waals surface area contributed by atoms with Gasteiger partial charge in [-0.25, -0.2) is 4.98 Å². The molecule has 0 unspecified atom stereocenters. The normalized spacial score (nSPS) is 10.5. The Bertz CT molecular complexity index is 353. The molecule has 2 aromatic rings. The van der Waals surface area contributed by atoms with Gasteiger partial charge in [-0.3, -0.25) is 4.98 Å². The molecule has 3 heteroatoms. The van der Waals surface area contributed by atoms with Gasteiger partial charge >= 0.3 is 0 Å². The first-order valence-corrected chi connectivity index (χ1v) is 3.02. The Balaban J connectivity index is 2.95. The number of nitrogens with zero attached hydrogens (tertiary/aromatic N) is 2. The first-order chi connectivity index (χ1) is 4.88. The number of oxazole rings is 1. The van der Waals surface area contributed by atoms with E-state index in [4.69, 9.17) is 4.42 Å². The van der Waals surface area contributed by atoms with Crippen LogP contribution >= 0.6 is 0 Å². The standard InChI is InChI=1S/C7H6N2O/c1-5-2-8-3-6-7(5)10-4-9-6/h2-4H,1H3. The van der Waals surface area contributed by atoms with E-state index in [2.05, 4.69) is 9.97 Å². The summed E-state index contributed by atoms with van der Waals surface area (Å²) in [5.74, 6) is 0. The van der Waals surface area contributed by atoms with Crippen LogP contribution in [0.1, 0.15) is 5.56 Å². The van der Waals surface area contributed by atoms with Gasteiger partial charge in [0, 0.05) is 11.8 Å². The molecular weight excluding hydrogens is 128 g/mol. The number of fused-ring (bicyclic) bond motifs is 1. The lowest BCUT2D eigenvalue weighted by molar-refractivity contribution is 0.599. The van der Waals surface area contributed by atoms with E-state index in [9.17, 15) is 0 Å². The first-order valence-electron chi connectivity index (χ1n) is 3.02. The Kier molecular flexibility index (Phi) is 0.974. The molecule has 0 saturated heterocycles. The fourth-order valence-electron chi connectivity index (χ4n) is 0.920. The third-order valence-electron chi connectivity index (χ3n) is 1.42. The van der Waals surface area contributed by atoms with Crippen molar-refractivity contribution in [2.75, 3.05) is 0 Å². The van der Waals surface area contributed by atoms with Crippen LogP contribution in [0.4, 0.5) is 0 Å². The zero-order valence-electron chi connectivity index (χ0n) is 5.53. The molecule has 0 aromatic carbocycles. The topological polar surface area (TPSA) is 38.9 Å². The lowest BCUT2D eigenvalue weighted by Crippen LogP contribution is -1.76. The van der Waals surface area contributed by atoms with Crippen molar-refractivity contribution in [3.63, 3.8) is 0 Å². The molecule has 0 aliphatic carbocycles. The van der Waals surface area contributed by atoms with Gasteiger partial charge in [0.05, 0.1) is 6.20 Å². The molecule has 0 spiro atoms. The quantitative estimate of drug-likeness (QED) is 0.548. The van der Waals surface area contributed by atoms with Crippen molar-refractivity contribution in [1.82, 2.24) is 9.97 Å². The van der Waals surface area contributed by atoms with Crippen LogP contribution in [0.25, 0.3) is 11.1 Å². The monoisotopic (exact) mass is 134 g/mol. The van der Waals surface area contributed by atoms with Gasteiger partial charge in [-0.1, -0.05) is 0 Å². The van der Waals surface area contributed by atoms with E-state index < -0.39 is 0 Å². The van der Waals surface area contributed by atoms with Crippen molar-refractivity contribution >= 4 is 11.1 Å². The summed E-state index contributed by atoms with van der Waals surface area (Å²) in [6.07, 6.45) is 4.87. The van der Waals surface area contributed by atoms with Crippen molar-refractivity contribution < 1.29 is 4.42 Å². The highest BCUT2D eigenvalue weighted by molar-refractivity contribution is 5.73. The minimum absolute atomic E-state index is 0.819. The van der Waals surface area contributed by atoms with Crippen molar-refractivity contribution in [2.24, 2.45) is 0 Å². The van der Waals surface area contributed by atoms with Crippen LogP contribution in [-0.2, 0) is 0 Å². The second-order valence-corrected chi connectivity index (χ2v) is 2.16. The summed E-state index contributed by atoms with van der Waals surface area (Å²) in [6.45, 7) is 1.94. The second-order valence-electron chi connectivity index (χ2n) is 2.16. The van der Waals surface area contributed by atoms with Crippen molar-refractivity contribution in [2.45, 2.75) is 6.92 Å². The third kappa shape index (κ3) is 0.603. The number of pyridine rings is 1. The Labute approximate surface area is 57.7 Å². The van der Waals surface area contributed by atoms with Crippen molar-refractivity contribution in [3.8, 4) is 0 Å². The van der Waals surface area contributed by atoms with Crippen LogP contribution in [0, 0.1) is 6.92 Å². The summed E-state index contributed by atoms with van der Waals surface area (Å²) in [6, 6.07) is 0. The number of aromatic nitrogens is 2. The molecule has 0 amide bonds. The van der Waals surface area contributed by atoms with E-state index in [1.807, 2.05) is 6.92 Å². The largest absolute Gasteiger partial charge is 0.443 e. The number of hydrogen-bond acceptors (Lipinski definition) is 3. The summed E-state index contributed by atoms with van der Waals surface area (Å²) in [5, 5.41) is 0. The lowest BCUT2D eigenvalue weighted by Gasteiger charge is -1.88. The summed E-state index contributed by atoms with van der Waals surface area (Å²) < 4.78 is 5.10. The number of rotatable bonds is 0. The minimum Gasteiger partial charge on any atom is -0.443 e. The molecule has 0 bridgehead atoms. The third-order valence-corrected chi connectivity index (χ3v) is 1.42. The van der Waals surface area contributed by atoms with Crippen molar-refractivity contribution in [1.29, 1.82) is 0 Å². The number of aryl methyl sites for hydroxylation is 1. The Morgan fingerprint density at radius 2 is 2.30 bits per heavy atom. The van der Waals surface area contributed by atoms with E-state index in [0.29, 0.717) is 0 Å². The molecule has 0 saturated carbocycles. The average Bonchev–Trinajstić information content (AvgIpc) is 2.36. The molecule has 0 aliphatic heterocycles. The van der Waals surface area contributed by atoms with Crippen LogP contribution in [0.2, 0.25) is 0 Å². The van der Waals surface area contributed by atoms with E-state index in [-0.39, 0.29) is 0 Å². The smallest absolute Gasteiger partial charge is 0.182 e. The Hall–Kier alpha value is -1.38. The Morgan fingerprint density at radius 1 is 1.40 bits per heavy atom. The highest BCUT2D eigenvalue weighted by Gasteiger charge is 1.99. The molecule has 3 nitrogen and oxygen atoms in total. The predicted octanol–water partition coefficient (Wildman–Crippen LogP) is 1.53. The lowest BCUT2D eigenvalue weighted by atomic mass is 10.3. The van der Waals surface area contributed by atoms with Gasteiger partial charge in [0.1, 0.15) is 5.52 Å². The van der Waals surface area contributed by atoms with E-state index in [0.717, 1.165) is 16.7 Å². The van der Waals surface area contributed by atoms with Crippen LogP contribution < -0.4 is 0 Å². The maximum atomic E-state index is 5.10. The number of hydrogen-bond donors (Lipinski definition) is 0. The van der Waals surface area contributed by atoms with E-state index in [1.165, 1.54) is 6.39 Å². The predicted molar refractivity (Wildman–Crippen MR) is 36.5 cm³/mol. The summed E-state index contributed by atoms with van der Waals surface area (Å²) in [7, 11) is 0. The molecule has 0 fully saturated rings. The van der Waals surface area contributed by atoms with Gasteiger partial charge in [-0.2, -0.15) is 0 Å².